The Morgan fingerprint density at radius 3 is 2.69 bits per heavy atom. The number of carbonyl (C=O) groups is 1. The van der Waals surface area contributed by atoms with Crippen molar-refractivity contribution in [2.45, 2.75) is 52.8 Å². The molecule has 5 heteroatoms. The number of aromatic nitrogens is 1. The van der Waals surface area contributed by atoms with Crippen molar-refractivity contribution in [2.24, 2.45) is 0 Å². The second-order valence-corrected chi connectivity index (χ2v) is 8.22. The van der Waals surface area contributed by atoms with E-state index < -0.39 is 0 Å². The largest absolute Gasteiger partial charge is 0.486 e. The Morgan fingerprint density at radius 2 is 1.97 bits per heavy atom. The maximum Gasteiger partial charge on any atom is 0.227 e. The molecule has 3 aromatic rings. The van der Waals surface area contributed by atoms with Crippen molar-refractivity contribution in [1.29, 1.82) is 0 Å². The van der Waals surface area contributed by atoms with Gasteiger partial charge in [-0.05, 0) is 43.5 Å². The standard InChI is InChI=1S/C24H28N2O2S/c1-4-19(3)26(24(27)14-20-10-6-5-7-11-20)15-21-17-29-23(25-21)16-28-22-12-8-9-18(2)13-22/h5-13,17,19H,4,14-16H2,1-3H3/t19-/m1/s1. The van der Waals surface area contributed by atoms with Crippen LogP contribution in [-0.4, -0.2) is 21.8 Å². The average Bonchev–Trinajstić information content (AvgIpc) is 3.18. The van der Waals surface area contributed by atoms with Crippen molar-refractivity contribution in [1.82, 2.24) is 9.88 Å². The molecule has 3 rings (SSSR count). The van der Waals surface area contributed by atoms with Crippen LogP contribution in [0.4, 0.5) is 0 Å². The van der Waals surface area contributed by atoms with Gasteiger partial charge < -0.3 is 9.64 Å². The molecule has 1 aromatic heterocycles. The number of aryl methyl sites for hydroxylation is 1. The van der Waals surface area contributed by atoms with Gasteiger partial charge in [0.2, 0.25) is 5.91 Å². The fourth-order valence-electron chi connectivity index (χ4n) is 3.09. The molecule has 1 atom stereocenters. The van der Waals surface area contributed by atoms with Crippen LogP contribution in [0, 0.1) is 6.92 Å². The van der Waals surface area contributed by atoms with Crippen LogP contribution < -0.4 is 4.74 Å². The lowest BCUT2D eigenvalue weighted by atomic mass is 10.1. The van der Waals surface area contributed by atoms with Gasteiger partial charge in [-0.1, -0.05) is 49.4 Å². The van der Waals surface area contributed by atoms with Crippen LogP contribution in [0.1, 0.15) is 42.1 Å². The Morgan fingerprint density at radius 1 is 1.17 bits per heavy atom. The minimum atomic E-state index is 0.135. The number of nitrogens with zero attached hydrogens (tertiary/aromatic N) is 2. The summed E-state index contributed by atoms with van der Waals surface area (Å²) in [5.74, 6) is 0.983. The lowest BCUT2D eigenvalue weighted by Gasteiger charge is -2.28. The molecule has 152 valence electrons. The number of hydrogen-bond acceptors (Lipinski definition) is 4. The first kappa shape index (κ1) is 21.1. The summed E-state index contributed by atoms with van der Waals surface area (Å²) in [5, 5.41) is 2.95. The van der Waals surface area contributed by atoms with E-state index in [2.05, 4.69) is 13.8 Å². The van der Waals surface area contributed by atoms with E-state index in [9.17, 15) is 4.79 Å². The number of hydrogen-bond donors (Lipinski definition) is 0. The number of carbonyl (C=O) groups excluding carboxylic acids is 1. The molecule has 0 radical (unpaired) electrons. The SMILES string of the molecule is CC[C@@H](C)N(Cc1csc(COc2cccc(C)c2)n1)C(=O)Cc1ccccc1. The molecule has 4 nitrogen and oxygen atoms in total. The zero-order chi connectivity index (χ0) is 20.6. The molecule has 0 saturated heterocycles. The number of benzene rings is 2. The molecule has 1 amide bonds. The zero-order valence-corrected chi connectivity index (χ0v) is 18.1. The van der Waals surface area contributed by atoms with E-state index in [0.29, 0.717) is 19.6 Å². The zero-order valence-electron chi connectivity index (χ0n) is 17.3. The van der Waals surface area contributed by atoms with Crippen molar-refractivity contribution in [3.05, 3.63) is 81.8 Å². The summed E-state index contributed by atoms with van der Waals surface area (Å²) >= 11 is 1.58. The van der Waals surface area contributed by atoms with E-state index in [4.69, 9.17) is 9.72 Å². The highest BCUT2D eigenvalue weighted by molar-refractivity contribution is 7.09. The van der Waals surface area contributed by atoms with Crippen molar-refractivity contribution < 1.29 is 9.53 Å². The monoisotopic (exact) mass is 408 g/mol. The maximum absolute atomic E-state index is 12.9. The summed E-state index contributed by atoms with van der Waals surface area (Å²) in [7, 11) is 0. The van der Waals surface area contributed by atoms with Crippen LogP contribution in [0.2, 0.25) is 0 Å². The van der Waals surface area contributed by atoms with Crippen molar-refractivity contribution in [2.75, 3.05) is 0 Å². The van der Waals surface area contributed by atoms with Gasteiger partial charge in [-0.2, -0.15) is 0 Å². The molecule has 0 saturated carbocycles. The number of rotatable bonds is 9. The van der Waals surface area contributed by atoms with Gasteiger partial charge in [0.25, 0.3) is 0 Å². The first-order valence-corrected chi connectivity index (χ1v) is 10.9. The molecule has 2 aromatic carbocycles. The third-order valence-electron chi connectivity index (χ3n) is 4.92. The second kappa shape index (κ2) is 10.2. The Hall–Kier alpha value is -2.66. The Labute approximate surface area is 177 Å². The van der Waals surface area contributed by atoms with E-state index in [1.54, 1.807) is 11.3 Å². The summed E-state index contributed by atoms with van der Waals surface area (Å²) in [4.78, 5) is 19.6. The quantitative estimate of drug-likeness (QED) is 0.476. The molecular weight excluding hydrogens is 380 g/mol. The predicted octanol–water partition coefficient (Wildman–Crippen LogP) is 5.40. The van der Waals surface area contributed by atoms with Crippen molar-refractivity contribution >= 4 is 17.2 Å². The van der Waals surface area contributed by atoms with Gasteiger partial charge >= 0.3 is 0 Å². The maximum atomic E-state index is 12.9. The highest BCUT2D eigenvalue weighted by atomic mass is 32.1. The molecule has 0 aliphatic carbocycles. The molecule has 0 aliphatic heterocycles. The van der Waals surface area contributed by atoms with E-state index >= 15 is 0 Å². The van der Waals surface area contributed by atoms with Crippen LogP contribution in [0.3, 0.4) is 0 Å². The van der Waals surface area contributed by atoms with Crippen molar-refractivity contribution in [3.8, 4) is 5.75 Å². The first-order valence-electron chi connectivity index (χ1n) is 10.0. The molecule has 0 N–H and O–H groups in total. The van der Waals surface area contributed by atoms with Gasteiger partial charge in [0.05, 0.1) is 18.7 Å². The highest BCUT2D eigenvalue weighted by Crippen LogP contribution is 2.19. The lowest BCUT2D eigenvalue weighted by molar-refractivity contribution is -0.133. The van der Waals surface area contributed by atoms with E-state index in [0.717, 1.165) is 28.4 Å². The third kappa shape index (κ3) is 6.16. The van der Waals surface area contributed by atoms with Crippen molar-refractivity contribution in [3.63, 3.8) is 0 Å². The number of ether oxygens (including phenoxy) is 1. The molecule has 1 heterocycles. The summed E-state index contributed by atoms with van der Waals surface area (Å²) in [6, 6.07) is 18.1. The van der Waals surface area contributed by atoms with Crippen LogP contribution in [-0.2, 0) is 24.4 Å². The summed E-state index contributed by atoms with van der Waals surface area (Å²) < 4.78 is 5.85. The molecule has 0 aliphatic rings. The fourth-order valence-corrected chi connectivity index (χ4v) is 3.79. The van der Waals surface area contributed by atoms with E-state index in [1.165, 1.54) is 5.56 Å². The van der Waals surface area contributed by atoms with Gasteiger partial charge in [0.15, 0.2) is 0 Å². The molecule has 0 bridgehead atoms. The minimum Gasteiger partial charge on any atom is -0.486 e. The average molecular weight is 409 g/mol. The third-order valence-corrected chi connectivity index (χ3v) is 5.80. The minimum absolute atomic E-state index is 0.135. The van der Waals surface area contributed by atoms with Crippen LogP contribution in [0.25, 0.3) is 0 Å². The first-order chi connectivity index (χ1) is 14.0. The summed E-state index contributed by atoms with van der Waals surface area (Å²) in [5.41, 5.74) is 3.12. The topological polar surface area (TPSA) is 42.4 Å². The van der Waals surface area contributed by atoms with Crippen LogP contribution in [0.15, 0.2) is 60.0 Å². The van der Waals surface area contributed by atoms with Gasteiger partial charge in [0.1, 0.15) is 17.4 Å². The predicted molar refractivity (Wildman–Crippen MR) is 118 cm³/mol. The molecule has 29 heavy (non-hydrogen) atoms. The smallest absolute Gasteiger partial charge is 0.227 e. The second-order valence-electron chi connectivity index (χ2n) is 7.28. The number of amides is 1. The normalized spacial score (nSPS) is 11.8. The fraction of sp³-hybridized carbons (Fsp3) is 0.333. The number of thiazole rings is 1. The molecule has 0 spiro atoms. The lowest BCUT2D eigenvalue weighted by Crippen LogP contribution is -2.38. The van der Waals surface area contributed by atoms with Crippen LogP contribution >= 0.6 is 11.3 Å². The van der Waals surface area contributed by atoms with Crippen LogP contribution in [0.5, 0.6) is 5.75 Å². The van der Waals surface area contributed by atoms with Gasteiger partial charge in [-0.25, -0.2) is 4.98 Å². The van der Waals surface area contributed by atoms with Gasteiger partial charge in [-0.15, -0.1) is 11.3 Å². The molecule has 0 unspecified atom stereocenters. The highest BCUT2D eigenvalue weighted by Gasteiger charge is 2.20. The Balaban J connectivity index is 1.63. The van der Waals surface area contributed by atoms with Gasteiger partial charge in [-0.3, -0.25) is 4.79 Å². The Kier molecular flexibility index (Phi) is 7.42. The van der Waals surface area contributed by atoms with E-state index in [1.807, 2.05) is 71.8 Å². The summed E-state index contributed by atoms with van der Waals surface area (Å²) in [6.45, 7) is 7.22. The summed E-state index contributed by atoms with van der Waals surface area (Å²) in [6.07, 6.45) is 1.33. The van der Waals surface area contributed by atoms with Gasteiger partial charge in [0, 0.05) is 11.4 Å². The molecular formula is C24H28N2O2S. The Bertz CT molecular complexity index is 923. The van der Waals surface area contributed by atoms with E-state index in [-0.39, 0.29) is 11.9 Å². The molecule has 0 fully saturated rings.